The molecule has 1 aromatic rings. The number of rotatable bonds is 8. The lowest BCUT2D eigenvalue weighted by atomic mass is 10.1. The van der Waals surface area contributed by atoms with Gasteiger partial charge in [-0.05, 0) is 63.1 Å². The summed E-state index contributed by atoms with van der Waals surface area (Å²) in [7, 11) is 0. The Hall–Kier alpha value is -1.06. The molecule has 0 aliphatic heterocycles. The van der Waals surface area contributed by atoms with Crippen molar-refractivity contribution in [1.29, 1.82) is 0 Å². The molecule has 108 valence electrons. The van der Waals surface area contributed by atoms with Crippen LogP contribution in [-0.4, -0.2) is 36.2 Å². The van der Waals surface area contributed by atoms with Crippen molar-refractivity contribution < 1.29 is 5.11 Å². The van der Waals surface area contributed by atoms with Crippen molar-refractivity contribution >= 4 is 0 Å². The second-order valence-corrected chi connectivity index (χ2v) is 5.14. The van der Waals surface area contributed by atoms with Crippen LogP contribution in [0.25, 0.3) is 0 Å². The molecule has 1 aromatic carbocycles. The van der Waals surface area contributed by atoms with Crippen molar-refractivity contribution in [3.8, 4) is 5.75 Å². The van der Waals surface area contributed by atoms with E-state index in [0.29, 0.717) is 5.75 Å². The maximum Gasteiger partial charge on any atom is 0.121 e. The molecule has 0 fully saturated rings. The van der Waals surface area contributed by atoms with Gasteiger partial charge in [0.05, 0.1) is 0 Å². The maximum absolute atomic E-state index is 9.73. The Morgan fingerprint density at radius 2 is 1.68 bits per heavy atom. The topological polar surface area (TPSA) is 35.5 Å². The third-order valence-corrected chi connectivity index (χ3v) is 3.60. The molecular formula is C16H28N2O. The van der Waals surface area contributed by atoms with Crippen LogP contribution >= 0.6 is 0 Å². The van der Waals surface area contributed by atoms with Gasteiger partial charge in [-0.1, -0.05) is 26.0 Å². The second-order valence-electron chi connectivity index (χ2n) is 5.14. The largest absolute Gasteiger partial charge is 0.507 e. The van der Waals surface area contributed by atoms with Crippen LogP contribution in [0.15, 0.2) is 12.1 Å². The average molecular weight is 264 g/mol. The highest BCUT2D eigenvalue weighted by atomic mass is 16.3. The van der Waals surface area contributed by atoms with Gasteiger partial charge in [0.2, 0.25) is 0 Å². The number of benzene rings is 1. The van der Waals surface area contributed by atoms with Crippen molar-refractivity contribution in [2.75, 3.05) is 26.2 Å². The summed E-state index contributed by atoms with van der Waals surface area (Å²) in [5, 5.41) is 13.2. The number of phenols is 1. The van der Waals surface area contributed by atoms with Crippen LogP contribution in [-0.2, 0) is 6.54 Å². The first kappa shape index (κ1) is 16.0. The maximum atomic E-state index is 9.73. The number of aryl methyl sites for hydroxylation is 2. The minimum atomic E-state index is 0.422. The molecule has 0 spiro atoms. The van der Waals surface area contributed by atoms with Gasteiger partial charge in [0.25, 0.3) is 0 Å². The summed E-state index contributed by atoms with van der Waals surface area (Å²) in [6, 6.07) is 4.11. The first-order valence-electron chi connectivity index (χ1n) is 7.30. The van der Waals surface area contributed by atoms with Gasteiger partial charge in [0.1, 0.15) is 5.75 Å². The molecular weight excluding hydrogens is 236 g/mol. The second kappa shape index (κ2) is 8.18. The van der Waals surface area contributed by atoms with Crippen molar-refractivity contribution in [2.24, 2.45) is 0 Å². The Bertz CT molecular complexity index is 363. The van der Waals surface area contributed by atoms with Gasteiger partial charge in [0, 0.05) is 6.54 Å². The molecule has 0 saturated heterocycles. The number of phenolic OH excluding ortho intramolecular Hbond substituents is 1. The fourth-order valence-corrected chi connectivity index (χ4v) is 2.35. The van der Waals surface area contributed by atoms with E-state index < -0.39 is 0 Å². The molecule has 0 amide bonds. The van der Waals surface area contributed by atoms with E-state index in [9.17, 15) is 5.11 Å². The van der Waals surface area contributed by atoms with Crippen molar-refractivity contribution in [3.63, 3.8) is 0 Å². The lowest BCUT2D eigenvalue weighted by Crippen LogP contribution is -2.27. The molecule has 19 heavy (non-hydrogen) atoms. The molecule has 3 heteroatoms. The SMILES string of the molecule is CCN(CC)CCCNCc1cc(C)c(O)c(C)c1. The number of hydrogen-bond donors (Lipinski definition) is 2. The van der Waals surface area contributed by atoms with Gasteiger partial charge in [-0.2, -0.15) is 0 Å². The van der Waals surface area contributed by atoms with Gasteiger partial charge >= 0.3 is 0 Å². The summed E-state index contributed by atoms with van der Waals surface area (Å²) in [5.74, 6) is 0.422. The van der Waals surface area contributed by atoms with E-state index in [2.05, 4.69) is 36.2 Å². The molecule has 0 atom stereocenters. The zero-order chi connectivity index (χ0) is 14.3. The lowest BCUT2D eigenvalue weighted by Gasteiger charge is -2.17. The van der Waals surface area contributed by atoms with Crippen molar-refractivity contribution in [2.45, 2.75) is 40.7 Å². The molecule has 1 rings (SSSR count). The summed E-state index contributed by atoms with van der Waals surface area (Å²) in [6.07, 6.45) is 1.18. The number of nitrogens with zero attached hydrogens (tertiary/aromatic N) is 1. The zero-order valence-electron chi connectivity index (χ0n) is 12.8. The van der Waals surface area contributed by atoms with Crippen LogP contribution < -0.4 is 5.32 Å². The fraction of sp³-hybridized carbons (Fsp3) is 0.625. The third kappa shape index (κ3) is 5.21. The molecule has 0 unspecified atom stereocenters. The van der Waals surface area contributed by atoms with E-state index in [1.807, 2.05) is 13.8 Å². The van der Waals surface area contributed by atoms with Crippen LogP contribution in [0.4, 0.5) is 0 Å². The summed E-state index contributed by atoms with van der Waals surface area (Å²) < 4.78 is 0. The highest BCUT2D eigenvalue weighted by Gasteiger charge is 2.03. The molecule has 0 radical (unpaired) electrons. The van der Waals surface area contributed by atoms with Crippen LogP contribution in [0.1, 0.15) is 37.0 Å². The quantitative estimate of drug-likeness (QED) is 0.709. The van der Waals surface area contributed by atoms with E-state index in [0.717, 1.165) is 43.9 Å². The predicted molar refractivity (Wildman–Crippen MR) is 81.7 cm³/mol. The molecule has 0 saturated carbocycles. The van der Waals surface area contributed by atoms with Crippen LogP contribution in [0, 0.1) is 13.8 Å². The Kier molecular flexibility index (Phi) is 6.89. The van der Waals surface area contributed by atoms with E-state index in [1.165, 1.54) is 12.0 Å². The van der Waals surface area contributed by atoms with Gasteiger partial charge in [0.15, 0.2) is 0 Å². The molecule has 0 aliphatic rings. The normalized spacial score (nSPS) is 11.2. The molecule has 2 N–H and O–H groups in total. The summed E-state index contributed by atoms with van der Waals surface area (Å²) in [4.78, 5) is 2.44. The fourth-order valence-electron chi connectivity index (χ4n) is 2.35. The Labute approximate surface area is 117 Å². The lowest BCUT2D eigenvalue weighted by molar-refractivity contribution is 0.298. The minimum absolute atomic E-state index is 0.422. The van der Waals surface area contributed by atoms with Gasteiger partial charge in [-0.3, -0.25) is 0 Å². The molecule has 0 aliphatic carbocycles. The minimum Gasteiger partial charge on any atom is -0.507 e. The van der Waals surface area contributed by atoms with Crippen LogP contribution in [0.3, 0.4) is 0 Å². The smallest absolute Gasteiger partial charge is 0.121 e. The van der Waals surface area contributed by atoms with E-state index in [-0.39, 0.29) is 0 Å². The van der Waals surface area contributed by atoms with Crippen molar-refractivity contribution in [1.82, 2.24) is 10.2 Å². The number of aromatic hydroxyl groups is 1. The van der Waals surface area contributed by atoms with E-state index in [4.69, 9.17) is 0 Å². The van der Waals surface area contributed by atoms with Crippen LogP contribution in [0.2, 0.25) is 0 Å². The standard InChI is InChI=1S/C16H28N2O/c1-5-18(6-2)9-7-8-17-12-15-10-13(3)16(19)14(4)11-15/h10-11,17,19H,5-9,12H2,1-4H3. The number of hydrogen-bond acceptors (Lipinski definition) is 3. The predicted octanol–water partition coefficient (Wildman–Crippen LogP) is 2.83. The summed E-state index contributed by atoms with van der Waals surface area (Å²) in [6.45, 7) is 13.7. The Balaban J connectivity index is 2.30. The third-order valence-electron chi connectivity index (χ3n) is 3.60. The highest BCUT2D eigenvalue weighted by molar-refractivity contribution is 5.42. The van der Waals surface area contributed by atoms with E-state index >= 15 is 0 Å². The van der Waals surface area contributed by atoms with Gasteiger partial charge < -0.3 is 15.3 Å². The monoisotopic (exact) mass is 264 g/mol. The first-order valence-corrected chi connectivity index (χ1v) is 7.30. The highest BCUT2D eigenvalue weighted by Crippen LogP contribution is 2.22. The molecule has 0 bridgehead atoms. The van der Waals surface area contributed by atoms with Crippen molar-refractivity contribution in [3.05, 3.63) is 28.8 Å². The zero-order valence-corrected chi connectivity index (χ0v) is 12.8. The average Bonchev–Trinajstić information content (AvgIpc) is 2.40. The molecule has 0 heterocycles. The summed E-state index contributed by atoms with van der Waals surface area (Å²) >= 11 is 0. The number of nitrogens with one attached hydrogen (secondary N) is 1. The molecule has 3 nitrogen and oxygen atoms in total. The van der Waals surface area contributed by atoms with Gasteiger partial charge in [-0.15, -0.1) is 0 Å². The van der Waals surface area contributed by atoms with E-state index in [1.54, 1.807) is 0 Å². The Morgan fingerprint density at radius 3 is 2.21 bits per heavy atom. The van der Waals surface area contributed by atoms with Crippen LogP contribution in [0.5, 0.6) is 5.75 Å². The van der Waals surface area contributed by atoms with Gasteiger partial charge in [-0.25, -0.2) is 0 Å². The first-order chi connectivity index (χ1) is 9.08. The molecule has 0 aromatic heterocycles. The summed E-state index contributed by atoms with van der Waals surface area (Å²) in [5.41, 5.74) is 3.16. The Morgan fingerprint density at radius 1 is 1.11 bits per heavy atom.